The zero-order valence-corrected chi connectivity index (χ0v) is 24.9. The molecule has 1 rings (SSSR count). The predicted molar refractivity (Wildman–Crippen MR) is 145 cm³/mol. The Balaban J connectivity index is 2.92. The normalized spacial score (nSPS) is 14.9. The molecule has 1 aromatic carbocycles. The van der Waals surface area contributed by atoms with E-state index in [1.54, 1.807) is 41.5 Å². The van der Waals surface area contributed by atoms with Crippen molar-refractivity contribution in [2.45, 2.75) is 83.4 Å². The van der Waals surface area contributed by atoms with Gasteiger partial charge in [0, 0.05) is 17.8 Å². The quantitative estimate of drug-likeness (QED) is 0.182. The monoisotopic (exact) mass is 580 g/mol. The number of carbonyl (C=O) groups excluding carboxylic acids is 3. The Bertz CT molecular complexity index is 876. The molecular weight excluding hydrogens is 543 g/mol. The van der Waals surface area contributed by atoms with Crippen LogP contribution in [-0.2, 0) is 35.1 Å². The summed E-state index contributed by atoms with van der Waals surface area (Å²) in [5.41, 5.74) is -0.509. The Morgan fingerprint density at radius 2 is 1.54 bits per heavy atom. The lowest BCUT2D eigenvalue weighted by Crippen LogP contribution is -2.43. The van der Waals surface area contributed by atoms with Crippen molar-refractivity contribution < 1.29 is 33.3 Å². The highest BCUT2D eigenvalue weighted by molar-refractivity contribution is 6.67. The highest BCUT2D eigenvalue weighted by atomic mass is 35.6. The molecule has 37 heavy (non-hydrogen) atoms. The summed E-state index contributed by atoms with van der Waals surface area (Å²) in [6.45, 7) is 12.4. The van der Waals surface area contributed by atoms with Gasteiger partial charge >= 0.3 is 12.1 Å². The van der Waals surface area contributed by atoms with Gasteiger partial charge < -0.3 is 18.9 Å². The Hall–Kier alpha value is -1.54. The molecule has 1 aromatic rings. The van der Waals surface area contributed by atoms with Gasteiger partial charge in [0.05, 0.1) is 19.1 Å². The lowest BCUT2D eigenvalue weighted by atomic mass is 9.75. The van der Waals surface area contributed by atoms with Gasteiger partial charge in [-0.1, -0.05) is 92.8 Å². The van der Waals surface area contributed by atoms with Crippen LogP contribution in [0.1, 0.15) is 66.9 Å². The molecule has 0 saturated heterocycles. The first-order chi connectivity index (χ1) is 16.9. The van der Waals surface area contributed by atoms with E-state index in [4.69, 9.17) is 53.8 Å². The molecule has 0 aromatic heterocycles. The molecule has 0 spiro atoms. The van der Waals surface area contributed by atoms with Gasteiger partial charge in [0.25, 0.3) is 0 Å². The minimum Gasteiger partial charge on any atom is -0.460 e. The van der Waals surface area contributed by atoms with Crippen LogP contribution in [0, 0.1) is 17.3 Å². The Labute approximate surface area is 235 Å². The molecule has 0 bridgehead atoms. The van der Waals surface area contributed by atoms with E-state index < -0.39 is 39.6 Å². The maximum atomic E-state index is 13.5. The zero-order chi connectivity index (χ0) is 28.4. The molecule has 0 N–H and O–H groups in total. The highest BCUT2D eigenvalue weighted by Gasteiger charge is 2.40. The molecule has 3 atom stereocenters. The predicted octanol–water partition coefficient (Wildman–Crippen LogP) is 7.08. The average Bonchev–Trinajstić information content (AvgIpc) is 2.78. The van der Waals surface area contributed by atoms with Crippen molar-refractivity contribution in [3.63, 3.8) is 0 Å². The summed E-state index contributed by atoms with van der Waals surface area (Å²) >= 11 is 17.0. The van der Waals surface area contributed by atoms with Gasteiger partial charge in [0.2, 0.25) is 3.79 Å². The van der Waals surface area contributed by atoms with Crippen molar-refractivity contribution in [1.29, 1.82) is 0 Å². The summed E-state index contributed by atoms with van der Waals surface area (Å²) in [7, 11) is 0. The average molecular weight is 582 g/mol. The summed E-state index contributed by atoms with van der Waals surface area (Å²) in [6.07, 6.45) is -1.59. The number of esters is 1. The van der Waals surface area contributed by atoms with Crippen LogP contribution in [0.4, 0.5) is 4.79 Å². The third-order valence-electron chi connectivity index (χ3n) is 5.59. The number of carbonyl (C=O) groups is 3. The van der Waals surface area contributed by atoms with Gasteiger partial charge in [-0.05, 0) is 32.8 Å². The number of halogens is 3. The van der Waals surface area contributed by atoms with E-state index in [1.807, 2.05) is 37.3 Å². The van der Waals surface area contributed by atoms with Crippen molar-refractivity contribution in [3.8, 4) is 0 Å². The first-order valence-corrected chi connectivity index (χ1v) is 13.3. The van der Waals surface area contributed by atoms with E-state index in [9.17, 15) is 14.4 Å². The smallest absolute Gasteiger partial charge is 0.460 e. The first-order valence-electron chi connectivity index (χ1n) is 12.2. The molecule has 0 aliphatic heterocycles. The van der Waals surface area contributed by atoms with Gasteiger partial charge in [-0.3, -0.25) is 9.59 Å². The number of ketones is 1. The van der Waals surface area contributed by atoms with Gasteiger partial charge in [0.1, 0.15) is 24.1 Å². The first kappa shape index (κ1) is 33.5. The van der Waals surface area contributed by atoms with Crippen molar-refractivity contribution in [2.24, 2.45) is 17.3 Å². The molecule has 0 heterocycles. The van der Waals surface area contributed by atoms with Crippen molar-refractivity contribution in [3.05, 3.63) is 35.9 Å². The molecule has 10 heteroatoms. The fourth-order valence-electron chi connectivity index (χ4n) is 3.72. The van der Waals surface area contributed by atoms with Crippen LogP contribution in [0.2, 0.25) is 0 Å². The molecule has 3 unspecified atom stereocenters. The van der Waals surface area contributed by atoms with Crippen LogP contribution in [-0.4, -0.2) is 46.6 Å². The zero-order valence-electron chi connectivity index (χ0n) is 22.6. The van der Waals surface area contributed by atoms with Gasteiger partial charge in [-0.2, -0.15) is 0 Å². The van der Waals surface area contributed by atoms with Gasteiger partial charge in [0.15, 0.2) is 0 Å². The number of rotatable bonds is 13. The molecule has 0 radical (unpaired) electrons. The second kappa shape index (κ2) is 14.6. The van der Waals surface area contributed by atoms with Crippen LogP contribution in [0.3, 0.4) is 0 Å². The van der Waals surface area contributed by atoms with Crippen LogP contribution in [0.25, 0.3) is 0 Å². The molecule has 210 valence electrons. The molecule has 7 nitrogen and oxygen atoms in total. The summed E-state index contributed by atoms with van der Waals surface area (Å²) in [5.74, 6) is -1.66. The fourth-order valence-corrected chi connectivity index (χ4v) is 3.89. The number of hydrogen-bond acceptors (Lipinski definition) is 7. The summed E-state index contributed by atoms with van der Waals surface area (Å²) < 4.78 is 19.9. The Kier molecular flexibility index (Phi) is 13.2. The number of ether oxygens (including phenoxy) is 4. The van der Waals surface area contributed by atoms with E-state index >= 15 is 0 Å². The van der Waals surface area contributed by atoms with E-state index in [0.29, 0.717) is 6.61 Å². The number of Topliss-reactive ketones (excluding diaryl/α,β-unsaturated/α-hetero) is 1. The van der Waals surface area contributed by atoms with Gasteiger partial charge in [-0.15, -0.1) is 0 Å². The van der Waals surface area contributed by atoms with E-state index in [-0.39, 0.29) is 37.1 Å². The topological polar surface area (TPSA) is 88.1 Å². The van der Waals surface area contributed by atoms with Gasteiger partial charge in [-0.25, -0.2) is 4.79 Å². The Morgan fingerprint density at radius 1 is 0.946 bits per heavy atom. The van der Waals surface area contributed by atoms with Crippen LogP contribution in [0.15, 0.2) is 30.3 Å². The van der Waals surface area contributed by atoms with E-state index in [0.717, 1.165) is 5.56 Å². The van der Waals surface area contributed by atoms with Crippen molar-refractivity contribution >= 4 is 52.7 Å². The molecule has 0 aliphatic carbocycles. The fraction of sp³-hybridized carbons (Fsp3) is 0.667. The third-order valence-corrected chi connectivity index (χ3v) is 5.91. The second-order valence-electron chi connectivity index (χ2n) is 10.8. The molecule has 0 amide bonds. The third kappa shape index (κ3) is 13.7. The summed E-state index contributed by atoms with van der Waals surface area (Å²) in [6, 6.07) is 9.61. The van der Waals surface area contributed by atoms with Crippen LogP contribution in [0.5, 0.6) is 0 Å². The lowest BCUT2D eigenvalue weighted by molar-refractivity contribution is -0.155. The minimum absolute atomic E-state index is 0.0787. The maximum absolute atomic E-state index is 13.5. The molecule has 0 fully saturated rings. The van der Waals surface area contributed by atoms with Crippen molar-refractivity contribution in [2.75, 3.05) is 13.2 Å². The summed E-state index contributed by atoms with van der Waals surface area (Å²) in [4.78, 5) is 38.1. The highest BCUT2D eigenvalue weighted by Crippen LogP contribution is 2.32. The van der Waals surface area contributed by atoms with Crippen LogP contribution < -0.4 is 0 Å². The lowest BCUT2D eigenvalue weighted by Gasteiger charge is -2.33. The standard InChI is InChI=1S/C27H39Cl3O7/c1-18(15-34-16-20-11-9-8-10-12-20)22(36-24(33)35-17-27(28,29)30)19(2)23(32)26(6,7)14-13-21(31)37-25(3,4)5/h8-12,18-19,22H,13-17H2,1-7H3. The Morgan fingerprint density at radius 3 is 2.08 bits per heavy atom. The number of benzene rings is 1. The van der Waals surface area contributed by atoms with E-state index in [2.05, 4.69) is 0 Å². The molecular formula is C27H39Cl3O7. The maximum Gasteiger partial charge on any atom is 0.508 e. The summed E-state index contributed by atoms with van der Waals surface area (Å²) in [5, 5.41) is 0. The minimum atomic E-state index is -1.80. The van der Waals surface area contributed by atoms with Crippen molar-refractivity contribution in [1.82, 2.24) is 0 Å². The second-order valence-corrected chi connectivity index (χ2v) is 13.4. The largest absolute Gasteiger partial charge is 0.508 e. The SMILES string of the molecule is CC(COCc1ccccc1)C(OC(=O)OCC(Cl)(Cl)Cl)C(C)C(=O)C(C)(C)CCC(=O)OC(C)(C)C. The molecule has 0 saturated carbocycles. The number of hydrogen-bond donors (Lipinski definition) is 0. The molecule has 0 aliphatic rings. The van der Waals surface area contributed by atoms with Crippen LogP contribution >= 0.6 is 34.8 Å². The number of alkyl halides is 3. The van der Waals surface area contributed by atoms with E-state index in [1.165, 1.54) is 0 Å².